The van der Waals surface area contributed by atoms with Crippen LogP contribution in [0.25, 0.3) is 0 Å². The van der Waals surface area contributed by atoms with Gasteiger partial charge in [-0.1, -0.05) is 288 Å². The maximum atomic E-state index is 12.5. The van der Waals surface area contributed by atoms with Crippen LogP contribution < -0.4 is 5.32 Å². The molecule has 0 heterocycles. The molecule has 0 fully saturated rings. The second kappa shape index (κ2) is 58.6. The Morgan fingerprint density at radius 2 is 0.710 bits per heavy atom. The van der Waals surface area contributed by atoms with Crippen molar-refractivity contribution in [1.29, 1.82) is 0 Å². The Kier molecular flexibility index (Phi) is 57.0. The molecule has 0 aromatic rings. The third-order valence-electron chi connectivity index (χ3n) is 14.2. The van der Waals surface area contributed by atoms with Gasteiger partial charge in [0.15, 0.2) is 0 Å². The molecule has 3 N–H and O–H groups in total. The summed E-state index contributed by atoms with van der Waals surface area (Å²) >= 11 is 0. The van der Waals surface area contributed by atoms with Crippen molar-refractivity contribution in [2.24, 2.45) is 0 Å². The number of ether oxygens (including phenoxy) is 1. The summed E-state index contributed by atoms with van der Waals surface area (Å²) in [4.78, 5) is 24.5. The summed E-state index contributed by atoms with van der Waals surface area (Å²) in [5.41, 5.74) is 0. The number of aliphatic hydroxyl groups excluding tert-OH is 2. The van der Waals surface area contributed by atoms with E-state index in [9.17, 15) is 19.8 Å². The Bertz CT molecular complexity index is 1120. The Morgan fingerprint density at radius 1 is 0.406 bits per heavy atom. The van der Waals surface area contributed by atoms with Crippen LogP contribution >= 0.6 is 0 Å². The van der Waals surface area contributed by atoms with Gasteiger partial charge in [0.25, 0.3) is 0 Å². The molecule has 0 aliphatic carbocycles. The molecule has 2 unspecified atom stereocenters. The molecular weight excluding hydrogens is 851 g/mol. The summed E-state index contributed by atoms with van der Waals surface area (Å²) < 4.78 is 5.45. The summed E-state index contributed by atoms with van der Waals surface area (Å²) in [6.07, 6.45) is 73.2. The fourth-order valence-corrected chi connectivity index (χ4v) is 9.45. The topological polar surface area (TPSA) is 95.9 Å². The predicted molar refractivity (Wildman–Crippen MR) is 301 cm³/mol. The van der Waals surface area contributed by atoms with E-state index in [1.807, 2.05) is 6.08 Å². The Morgan fingerprint density at radius 3 is 1.07 bits per heavy atom. The van der Waals surface area contributed by atoms with Crippen molar-refractivity contribution in [2.75, 3.05) is 13.2 Å². The second-order valence-corrected chi connectivity index (χ2v) is 21.1. The molecule has 0 aromatic heterocycles. The molecule has 0 spiro atoms. The number of aliphatic hydroxyl groups is 2. The van der Waals surface area contributed by atoms with Gasteiger partial charge in [-0.15, -0.1) is 0 Å². The van der Waals surface area contributed by atoms with Gasteiger partial charge in [-0.3, -0.25) is 9.59 Å². The second-order valence-electron chi connectivity index (χ2n) is 21.1. The molecule has 0 radical (unpaired) electrons. The minimum Gasteiger partial charge on any atom is -0.466 e. The van der Waals surface area contributed by atoms with Crippen LogP contribution in [-0.4, -0.2) is 47.4 Å². The third kappa shape index (κ3) is 55.2. The van der Waals surface area contributed by atoms with Crippen molar-refractivity contribution in [3.8, 4) is 0 Å². The number of allylic oxidation sites excluding steroid dienone is 5. The molecule has 406 valence electrons. The number of hydrogen-bond donors (Lipinski definition) is 3. The Labute approximate surface area is 430 Å². The van der Waals surface area contributed by atoms with Crippen molar-refractivity contribution < 1.29 is 24.5 Å². The van der Waals surface area contributed by atoms with Crippen molar-refractivity contribution >= 4 is 11.9 Å². The SMILES string of the molecule is CCCCCCCCCCCCCCCCCCCCCC/C=C/C(O)C(CO)NC(=O)CCCCCCCC/C=C\C=C/CCCCCOC(=O)CCCCCCCCCCCCCCCCC. The number of unbranched alkanes of at least 4 members (excludes halogenated alkanes) is 43. The fourth-order valence-electron chi connectivity index (χ4n) is 9.45. The van der Waals surface area contributed by atoms with E-state index in [2.05, 4.69) is 43.5 Å². The summed E-state index contributed by atoms with van der Waals surface area (Å²) in [6, 6.07) is -0.646. The molecule has 0 bridgehead atoms. The molecule has 0 aliphatic heterocycles. The van der Waals surface area contributed by atoms with Crippen LogP contribution in [0.5, 0.6) is 0 Å². The van der Waals surface area contributed by atoms with Gasteiger partial charge in [0.1, 0.15) is 0 Å². The standard InChI is InChI=1S/C63H119NO5/c1-3-5-7-9-11-13-15-17-19-20-21-22-23-24-25-28-31-35-39-43-47-51-55-61(66)60(59-65)64-62(67)56-52-48-44-40-36-32-29-26-30-34-38-42-46-50-54-58-69-63(68)57-53-49-45-41-37-33-27-18-16-14-12-10-8-6-4-2/h26,30,34,38,51,55,60-61,65-66H,3-25,27-29,31-33,35-37,39-50,52-54,56-59H2,1-2H3,(H,64,67)/b30-26-,38-34-,55-51+. The van der Waals surface area contributed by atoms with E-state index in [1.165, 1.54) is 225 Å². The molecular formula is C63H119NO5. The number of hydrogen-bond acceptors (Lipinski definition) is 5. The van der Waals surface area contributed by atoms with Gasteiger partial charge in [-0.2, -0.15) is 0 Å². The van der Waals surface area contributed by atoms with Crippen LogP contribution in [0, 0.1) is 0 Å². The van der Waals surface area contributed by atoms with Gasteiger partial charge in [0, 0.05) is 12.8 Å². The first kappa shape index (κ1) is 67.1. The summed E-state index contributed by atoms with van der Waals surface area (Å²) in [6.45, 7) is 4.87. The minimum absolute atomic E-state index is 0.0196. The van der Waals surface area contributed by atoms with E-state index in [0.29, 0.717) is 19.4 Å². The van der Waals surface area contributed by atoms with E-state index < -0.39 is 12.1 Å². The largest absolute Gasteiger partial charge is 0.466 e. The number of carbonyl (C=O) groups excluding carboxylic acids is 2. The Balaban J connectivity index is 3.53. The molecule has 1 amide bonds. The zero-order valence-electron chi connectivity index (χ0n) is 46.3. The van der Waals surface area contributed by atoms with Gasteiger partial charge >= 0.3 is 5.97 Å². The average molecular weight is 971 g/mol. The predicted octanol–water partition coefficient (Wildman–Crippen LogP) is 19.2. The van der Waals surface area contributed by atoms with Crippen LogP contribution in [0.15, 0.2) is 36.5 Å². The molecule has 0 aromatic carbocycles. The lowest BCUT2D eigenvalue weighted by Crippen LogP contribution is -2.45. The lowest BCUT2D eigenvalue weighted by atomic mass is 10.0. The highest BCUT2D eigenvalue weighted by atomic mass is 16.5. The summed E-state index contributed by atoms with van der Waals surface area (Å²) in [5, 5.41) is 23.2. The molecule has 2 atom stereocenters. The highest BCUT2D eigenvalue weighted by Crippen LogP contribution is 2.17. The van der Waals surface area contributed by atoms with Gasteiger partial charge in [-0.05, 0) is 64.2 Å². The van der Waals surface area contributed by atoms with E-state index in [1.54, 1.807) is 6.08 Å². The molecule has 0 saturated heterocycles. The highest BCUT2D eigenvalue weighted by molar-refractivity contribution is 5.76. The van der Waals surface area contributed by atoms with Crippen LogP contribution in [0.3, 0.4) is 0 Å². The number of amides is 1. The van der Waals surface area contributed by atoms with Gasteiger partial charge in [-0.25, -0.2) is 0 Å². The fraction of sp³-hybridized carbons (Fsp3) is 0.873. The summed E-state index contributed by atoms with van der Waals surface area (Å²) in [5.74, 6) is -0.107. The lowest BCUT2D eigenvalue weighted by molar-refractivity contribution is -0.143. The van der Waals surface area contributed by atoms with Crippen molar-refractivity contribution in [3.63, 3.8) is 0 Å². The first-order valence-electron chi connectivity index (χ1n) is 30.8. The molecule has 0 rings (SSSR count). The molecule has 0 saturated carbocycles. The number of rotatable bonds is 57. The summed E-state index contributed by atoms with van der Waals surface area (Å²) in [7, 11) is 0. The lowest BCUT2D eigenvalue weighted by Gasteiger charge is -2.20. The maximum Gasteiger partial charge on any atom is 0.305 e. The Hall–Kier alpha value is -1.92. The first-order chi connectivity index (χ1) is 34.0. The average Bonchev–Trinajstić information content (AvgIpc) is 3.35. The van der Waals surface area contributed by atoms with Gasteiger partial charge in [0.2, 0.25) is 5.91 Å². The zero-order chi connectivity index (χ0) is 50.0. The van der Waals surface area contributed by atoms with Crippen molar-refractivity contribution in [2.45, 2.75) is 341 Å². The maximum absolute atomic E-state index is 12.5. The van der Waals surface area contributed by atoms with E-state index in [-0.39, 0.29) is 18.5 Å². The van der Waals surface area contributed by atoms with Crippen molar-refractivity contribution in [3.05, 3.63) is 36.5 Å². The highest BCUT2D eigenvalue weighted by Gasteiger charge is 2.18. The van der Waals surface area contributed by atoms with Gasteiger partial charge < -0.3 is 20.3 Å². The smallest absolute Gasteiger partial charge is 0.305 e. The van der Waals surface area contributed by atoms with Crippen LogP contribution in [0.4, 0.5) is 0 Å². The first-order valence-corrected chi connectivity index (χ1v) is 30.8. The van der Waals surface area contributed by atoms with Gasteiger partial charge in [0.05, 0.1) is 25.4 Å². The molecule has 69 heavy (non-hydrogen) atoms. The van der Waals surface area contributed by atoms with Crippen LogP contribution in [0.1, 0.15) is 328 Å². The van der Waals surface area contributed by atoms with Crippen molar-refractivity contribution in [1.82, 2.24) is 5.32 Å². The number of nitrogens with one attached hydrogen (secondary N) is 1. The molecule has 0 aliphatic rings. The number of esters is 1. The molecule has 6 heteroatoms. The normalized spacial score (nSPS) is 12.8. The molecule has 6 nitrogen and oxygen atoms in total. The minimum atomic E-state index is -0.860. The van der Waals surface area contributed by atoms with E-state index in [0.717, 1.165) is 77.0 Å². The quantitative estimate of drug-likeness (QED) is 0.0244. The van der Waals surface area contributed by atoms with Crippen LogP contribution in [-0.2, 0) is 14.3 Å². The number of carbonyl (C=O) groups is 2. The third-order valence-corrected chi connectivity index (χ3v) is 14.2. The zero-order valence-corrected chi connectivity index (χ0v) is 46.3. The van der Waals surface area contributed by atoms with E-state index in [4.69, 9.17) is 4.74 Å². The monoisotopic (exact) mass is 970 g/mol. The van der Waals surface area contributed by atoms with Crippen LogP contribution in [0.2, 0.25) is 0 Å². The van der Waals surface area contributed by atoms with E-state index >= 15 is 0 Å².